The third kappa shape index (κ3) is 6.79. The van der Waals surface area contributed by atoms with Gasteiger partial charge in [0, 0.05) is 31.2 Å². The molecule has 1 aliphatic rings. The molecule has 0 aromatic heterocycles. The lowest BCUT2D eigenvalue weighted by Crippen LogP contribution is -2.48. The Bertz CT molecular complexity index is 852. The van der Waals surface area contributed by atoms with E-state index >= 15 is 0 Å². The molecule has 0 radical (unpaired) electrons. The number of piperidine rings is 1. The van der Waals surface area contributed by atoms with Crippen LogP contribution < -0.4 is 0 Å². The largest absolute Gasteiger partial charge is 0.444 e. The third-order valence-electron chi connectivity index (χ3n) is 6.62. The fourth-order valence-corrected chi connectivity index (χ4v) is 4.77. The summed E-state index contributed by atoms with van der Waals surface area (Å²) >= 11 is 0. The van der Waals surface area contributed by atoms with Crippen LogP contribution in [-0.2, 0) is 15.6 Å². The van der Waals surface area contributed by atoms with E-state index in [0.717, 1.165) is 12.0 Å². The molecule has 1 heterocycles. The number of rotatable bonds is 5. The molecule has 7 heteroatoms. The molecule has 2 atom stereocenters. The summed E-state index contributed by atoms with van der Waals surface area (Å²) in [5.74, 6) is -0.169. The summed E-state index contributed by atoms with van der Waals surface area (Å²) in [5.41, 5.74) is 0.873. The maximum Gasteiger partial charge on any atom is 0.410 e. The van der Waals surface area contributed by atoms with Gasteiger partial charge in [-0.25, -0.2) is 9.18 Å². The fraction of sp³-hybridized carbons (Fsp3) is 0.680. The molecule has 1 aromatic carbocycles. The van der Waals surface area contributed by atoms with Gasteiger partial charge in [0.25, 0.3) is 0 Å². The van der Waals surface area contributed by atoms with E-state index in [-0.39, 0.29) is 35.2 Å². The molecule has 0 spiro atoms. The van der Waals surface area contributed by atoms with E-state index in [2.05, 4.69) is 33.9 Å². The standard InChI is InChI=1S/C25H39FN2O3Si/c1-24(2,3)31-23(29)28-14-12-21(18-9-10-22(26)19(15-18)11-13-27)20(16-28)17-30-32(7,8)25(4,5)6/h9-10,15,20-21H,11-12,14,16-17H2,1-8H3/t20-,21-/m0/s1. The van der Waals surface area contributed by atoms with Crippen LogP contribution in [0.3, 0.4) is 0 Å². The molecule has 5 nitrogen and oxygen atoms in total. The molecule has 1 aliphatic heterocycles. The number of halogens is 1. The highest BCUT2D eigenvalue weighted by atomic mass is 28.4. The van der Waals surface area contributed by atoms with Crippen molar-refractivity contribution >= 4 is 14.4 Å². The van der Waals surface area contributed by atoms with E-state index in [0.29, 0.717) is 25.3 Å². The molecule has 0 aliphatic carbocycles. The van der Waals surface area contributed by atoms with Gasteiger partial charge in [-0.2, -0.15) is 5.26 Å². The summed E-state index contributed by atoms with van der Waals surface area (Å²) < 4.78 is 26.3. The second-order valence-corrected chi connectivity index (χ2v) is 16.1. The van der Waals surface area contributed by atoms with Gasteiger partial charge in [0.15, 0.2) is 8.32 Å². The van der Waals surface area contributed by atoms with E-state index in [4.69, 9.17) is 14.4 Å². The van der Waals surface area contributed by atoms with Crippen LogP contribution in [0.2, 0.25) is 18.1 Å². The number of benzene rings is 1. The topological polar surface area (TPSA) is 62.6 Å². The summed E-state index contributed by atoms with van der Waals surface area (Å²) in [6, 6.07) is 7.12. The molecule has 0 unspecified atom stereocenters. The van der Waals surface area contributed by atoms with Crippen LogP contribution in [0, 0.1) is 23.1 Å². The number of carbonyl (C=O) groups excluding carboxylic acids is 1. The zero-order valence-corrected chi connectivity index (χ0v) is 21.9. The minimum atomic E-state index is -1.98. The molecule has 0 bridgehead atoms. The highest BCUT2D eigenvalue weighted by molar-refractivity contribution is 6.74. The van der Waals surface area contributed by atoms with Crippen molar-refractivity contribution in [3.05, 3.63) is 35.1 Å². The van der Waals surface area contributed by atoms with Crippen LogP contribution in [0.5, 0.6) is 0 Å². The Morgan fingerprint density at radius 3 is 2.47 bits per heavy atom. The number of hydrogen-bond donors (Lipinski definition) is 0. The van der Waals surface area contributed by atoms with Gasteiger partial charge >= 0.3 is 6.09 Å². The van der Waals surface area contributed by atoms with E-state index in [1.807, 2.05) is 39.0 Å². The van der Waals surface area contributed by atoms with Gasteiger partial charge < -0.3 is 14.1 Å². The van der Waals surface area contributed by atoms with Crippen LogP contribution in [0.15, 0.2) is 18.2 Å². The lowest BCUT2D eigenvalue weighted by atomic mass is 9.80. The van der Waals surface area contributed by atoms with Gasteiger partial charge in [-0.15, -0.1) is 0 Å². The molecule has 1 amide bonds. The number of carbonyl (C=O) groups is 1. The molecular weight excluding hydrogens is 423 g/mol. The molecule has 1 aromatic rings. The smallest absolute Gasteiger partial charge is 0.410 e. The van der Waals surface area contributed by atoms with Crippen LogP contribution in [0.25, 0.3) is 0 Å². The maximum absolute atomic E-state index is 14.1. The van der Waals surface area contributed by atoms with Gasteiger partial charge in [-0.3, -0.25) is 0 Å². The second-order valence-electron chi connectivity index (χ2n) is 11.3. The Kier molecular flexibility index (Phi) is 8.17. The van der Waals surface area contributed by atoms with E-state index in [1.54, 1.807) is 4.90 Å². The third-order valence-corrected chi connectivity index (χ3v) is 11.1. The number of hydrogen-bond acceptors (Lipinski definition) is 4. The predicted molar refractivity (Wildman–Crippen MR) is 128 cm³/mol. The van der Waals surface area contributed by atoms with Gasteiger partial charge in [0.2, 0.25) is 0 Å². The van der Waals surface area contributed by atoms with Crippen molar-refractivity contribution in [2.45, 2.75) is 84.0 Å². The van der Waals surface area contributed by atoms with Gasteiger partial charge in [0.05, 0.1) is 12.5 Å². The van der Waals surface area contributed by atoms with E-state index in [9.17, 15) is 9.18 Å². The SMILES string of the molecule is CC(C)(C)OC(=O)N1CC[C@@H](c2ccc(F)c(CC#N)c2)[C@H](CO[Si](C)(C)C(C)(C)C)C1. The summed E-state index contributed by atoms with van der Waals surface area (Å²) in [4.78, 5) is 14.5. The first-order chi connectivity index (χ1) is 14.6. The van der Waals surface area contributed by atoms with Crippen LogP contribution in [0.4, 0.5) is 9.18 Å². The summed E-state index contributed by atoms with van der Waals surface area (Å²) in [7, 11) is -1.98. The molecule has 2 rings (SSSR count). The highest BCUT2D eigenvalue weighted by Gasteiger charge is 2.40. The Hall–Kier alpha value is -1.91. The average molecular weight is 463 g/mol. The van der Waals surface area contributed by atoms with Crippen molar-refractivity contribution in [2.24, 2.45) is 5.92 Å². The molecular formula is C25H39FN2O3Si. The van der Waals surface area contributed by atoms with Crippen LogP contribution in [-0.4, -0.2) is 44.6 Å². The van der Waals surface area contributed by atoms with Gasteiger partial charge in [-0.05, 0) is 62.9 Å². The monoisotopic (exact) mass is 462 g/mol. The van der Waals surface area contributed by atoms with Gasteiger partial charge in [-0.1, -0.05) is 32.9 Å². The van der Waals surface area contributed by atoms with E-state index in [1.165, 1.54) is 6.07 Å². The van der Waals surface area contributed by atoms with Crippen molar-refractivity contribution in [2.75, 3.05) is 19.7 Å². The number of nitrogens with zero attached hydrogens (tertiary/aromatic N) is 2. The highest BCUT2D eigenvalue weighted by Crippen LogP contribution is 2.39. The first-order valence-electron chi connectivity index (χ1n) is 11.4. The average Bonchev–Trinajstić information content (AvgIpc) is 2.66. The van der Waals surface area contributed by atoms with E-state index < -0.39 is 13.9 Å². The first kappa shape index (κ1) is 26.3. The van der Waals surface area contributed by atoms with Crippen molar-refractivity contribution in [3.63, 3.8) is 0 Å². The van der Waals surface area contributed by atoms with Crippen molar-refractivity contribution in [1.29, 1.82) is 5.26 Å². The zero-order chi connectivity index (χ0) is 24.3. The second kappa shape index (κ2) is 9.92. The minimum absolute atomic E-state index is 0.0432. The summed E-state index contributed by atoms with van der Waals surface area (Å²) in [6.07, 6.45) is 0.474. The fourth-order valence-electron chi connectivity index (χ4n) is 3.71. The number of amides is 1. The van der Waals surface area contributed by atoms with Crippen LogP contribution in [0.1, 0.15) is 65.0 Å². The number of ether oxygens (including phenoxy) is 1. The lowest BCUT2D eigenvalue weighted by Gasteiger charge is -2.42. The van der Waals surface area contributed by atoms with Crippen molar-refractivity contribution in [3.8, 4) is 6.07 Å². The number of likely N-dealkylation sites (tertiary alicyclic amines) is 1. The molecule has 178 valence electrons. The molecule has 0 saturated carbocycles. The maximum atomic E-state index is 14.1. The van der Waals surface area contributed by atoms with Gasteiger partial charge in [0.1, 0.15) is 11.4 Å². The number of nitriles is 1. The zero-order valence-electron chi connectivity index (χ0n) is 20.9. The Morgan fingerprint density at radius 1 is 1.25 bits per heavy atom. The van der Waals surface area contributed by atoms with Crippen molar-refractivity contribution in [1.82, 2.24) is 4.90 Å². The predicted octanol–water partition coefficient (Wildman–Crippen LogP) is 6.25. The molecule has 1 fully saturated rings. The van der Waals surface area contributed by atoms with Crippen LogP contribution >= 0.6 is 0 Å². The molecule has 0 N–H and O–H groups in total. The molecule has 1 saturated heterocycles. The Morgan fingerprint density at radius 2 is 1.91 bits per heavy atom. The Labute approximate surface area is 194 Å². The Balaban J connectivity index is 2.29. The quantitative estimate of drug-likeness (QED) is 0.485. The normalized spacial score (nSPS) is 20.1. The summed E-state index contributed by atoms with van der Waals surface area (Å²) in [6.45, 7) is 18.3. The minimum Gasteiger partial charge on any atom is -0.444 e. The summed E-state index contributed by atoms with van der Waals surface area (Å²) in [5, 5.41) is 9.13. The van der Waals surface area contributed by atoms with Crippen molar-refractivity contribution < 1.29 is 18.3 Å². The first-order valence-corrected chi connectivity index (χ1v) is 14.3. The lowest BCUT2D eigenvalue weighted by molar-refractivity contribution is 0.0106. The molecule has 32 heavy (non-hydrogen) atoms.